The third-order valence-electron chi connectivity index (χ3n) is 3.45. The number of rotatable bonds is 5. The zero-order valence-corrected chi connectivity index (χ0v) is 12.8. The highest BCUT2D eigenvalue weighted by molar-refractivity contribution is 6.31. The summed E-state index contributed by atoms with van der Waals surface area (Å²) >= 11 is 6.16. The minimum Gasteiger partial charge on any atom is -0.398 e. The number of amides is 1. The fourth-order valence-electron chi connectivity index (χ4n) is 2.18. The molecule has 3 nitrogen and oxygen atoms in total. The van der Waals surface area contributed by atoms with E-state index in [2.05, 4.69) is 0 Å². The summed E-state index contributed by atoms with van der Waals surface area (Å²) in [5.74, 6) is 0.0512. The van der Waals surface area contributed by atoms with Crippen LogP contribution in [0.15, 0.2) is 48.5 Å². The number of hydrogen-bond donors (Lipinski definition) is 1. The van der Waals surface area contributed by atoms with E-state index in [4.69, 9.17) is 17.3 Å². The number of para-hydroxylation sites is 1. The normalized spacial score (nSPS) is 10.4. The van der Waals surface area contributed by atoms with Crippen LogP contribution < -0.4 is 5.73 Å². The maximum Gasteiger partial charge on any atom is 0.227 e. The van der Waals surface area contributed by atoms with Gasteiger partial charge >= 0.3 is 0 Å². The molecule has 2 rings (SSSR count). The number of nitrogens with two attached hydrogens (primary N) is 1. The largest absolute Gasteiger partial charge is 0.398 e. The lowest BCUT2D eigenvalue weighted by molar-refractivity contribution is -0.130. The predicted octanol–water partition coefficient (Wildman–Crippen LogP) is 3.51. The summed E-state index contributed by atoms with van der Waals surface area (Å²) in [6.07, 6.45) is 0.310. The summed E-state index contributed by atoms with van der Waals surface area (Å²) in [5.41, 5.74) is 8.36. The van der Waals surface area contributed by atoms with Gasteiger partial charge in [0.15, 0.2) is 0 Å². The molecule has 0 saturated heterocycles. The smallest absolute Gasteiger partial charge is 0.227 e. The van der Waals surface area contributed by atoms with Crippen LogP contribution in [0.2, 0.25) is 5.02 Å². The molecule has 2 aromatic rings. The van der Waals surface area contributed by atoms with Gasteiger partial charge in [-0.3, -0.25) is 4.79 Å². The van der Waals surface area contributed by atoms with Gasteiger partial charge in [0.05, 0.1) is 6.42 Å². The molecule has 0 atom stereocenters. The van der Waals surface area contributed by atoms with Gasteiger partial charge in [-0.1, -0.05) is 48.0 Å². The first-order chi connectivity index (χ1) is 10.1. The monoisotopic (exact) mass is 302 g/mol. The van der Waals surface area contributed by atoms with Gasteiger partial charge in [-0.25, -0.2) is 0 Å². The molecule has 0 spiro atoms. The van der Waals surface area contributed by atoms with Gasteiger partial charge in [-0.2, -0.15) is 0 Å². The van der Waals surface area contributed by atoms with Gasteiger partial charge < -0.3 is 10.6 Å². The van der Waals surface area contributed by atoms with Crippen LogP contribution >= 0.6 is 11.6 Å². The molecule has 0 heterocycles. The topological polar surface area (TPSA) is 46.3 Å². The molecule has 4 heteroatoms. The van der Waals surface area contributed by atoms with Gasteiger partial charge in [-0.05, 0) is 30.2 Å². The Balaban J connectivity index is 2.09. The third kappa shape index (κ3) is 3.99. The molecule has 2 N–H and O–H groups in total. The molecular formula is C17H19ClN2O. The number of halogens is 1. The minimum atomic E-state index is 0.0512. The van der Waals surface area contributed by atoms with E-state index in [1.165, 1.54) is 0 Å². The molecule has 110 valence electrons. The number of benzene rings is 2. The number of hydrogen-bond acceptors (Lipinski definition) is 2. The Morgan fingerprint density at radius 3 is 2.33 bits per heavy atom. The lowest BCUT2D eigenvalue weighted by Gasteiger charge is -2.22. The van der Waals surface area contributed by atoms with Crippen molar-refractivity contribution in [1.82, 2.24) is 4.90 Å². The number of nitrogen functional groups attached to an aromatic ring is 1. The molecule has 0 fully saturated rings. The zero-order chi connectivity index (χ0) is 15.2. The summed E-state index contributed by atoms with van der Waals surface area (Å²) in [6.45, 7) is 3.11. The highest BCUT2D eigenvalue weighted by Gasteiger charge is 2.15. The Hall–Kier alpha value is -2.00. The fourth-order valence-corrected chi connectivity index (χ4v) is 2.37. The van der Waals surface area contributed by atoms with Crippen molar-refractivity contribution < 1.29 is 4.79 Å². The number of nitrogens with zero attached hydrogens (tertiary/aromatic N) is 1. The Bertz CT molecular complexity index is 628. The van der Waals surface area contributed by atoms with Crippen LogP contribution in [0.3, 0.4) is 0 Å². The van der Waals surface area contributed by atoms with E-state index >= 15 is 0 Å². The Morgan fingerprint density at radius 1 is 1.10 bits per heavy atom. The maximum absolute atomic E-state index is 12.4. The lowest BCUT2D eigenvalue weighted by Crippen LogP contribution is -2.31. The van der Waals surface area contributed by atoms with E-state index in [9.17, 15) is 4.79 Å². The Labute approximate surface area is 130 Å². The quantitative estimate of drug-likeness (QED) is 0.859. The summed E-state index contributed by atoms with van der Waals surface area (Å²) in [7, 11) is 0. The molecular weight excluding hydrogens is 284 g/mol. The first-order valence-corrected chi connectivity index (χ1v) is 7.34. The van der Waals surface area contributed by atoms with Crippen molar-refractivity contribution in [3.63, 3.8) is 0 Å². The Kier molecular flexibility index (Phi) is 5.23. The number of likely N-dealkylation sites (N-methyl/N-ethyl adjacent to an activating group) is 1. The van der Waals surface area contributed by atoms with Crippen molar-refractivity contribution in [1.29, 1.82) is 0 Å². The molecule has 0 aliphatic carbocycles. The van der Waals surface area contributed by atoms with Gasteiger partial charge in [-0.15, -0.1) is 0 Å². The van der Waals surface area contributed by atoms with E-state index in [1.807, 2.05) is 55.5 Å². The number of carbonyl (C=O) groups is 1. The van der Waals surface area contributed by atoms with Gasteiger partial charge in [0.25, 0.3) is 0 Å². The standard InChI is InChI=1S/C17H19ClN2O/c1-2-20(12-14-8-3-5-9-15(14)18)17(21)11-13-7-4-6-10-16(13)19/h3-10H,2,11-12,19H2,1H3. The molecule has 0 unspecified atom stereocenters. The Morgan fingerprint density at radius 2 is 1.71 bits per heavy atom. The second-order valence-electron chi connectivity index (χ2n) is 4.87. The molecule has 0 saturated carbocycles. The molecule has 2 aromatic carbocycles. The zero-order valence-electron chi connectivity index (χ0n) is 12.1. The third-order valence-corrected chi connectivity index (χ3v) is 3.82. The molecule has 0 bridgehead atoms. The molecule has 0 aromatic heterocycles. The van der Waals surface area contributed by atoms with Crippen molar-refractivity contribution in [2.45, 2.75) is 19.9 Å². The van der Waals surface area contributed by atoms with Crippen LogP contribution in [-0.2, 0) is 17.8 Å². The molecule has 21 heavy (non-hydrogen) atoms. The minimum absolute atomic E-state index is 0.0512. The van der Waals surface area contributed by atoms with Crippen LogP contribution in [0.5, 0.6) is 0 Å². The van der Waals surface area contributed by atoms with Crippen LogP contribution in [0.1, 0.15) is 18.1 Å². The molecule has 1 amide bonds. The molecule has 0 radical (unpaired) electrons. The van der Waals surface area contributed by atoms with E-state index < -0.39 is 0 Å². The van der Waals surface area contributed by atoms with Crippen LogP contribution in [0.25, 0.3) is 0 Å². The average molecular weight is 303 g/mol. The van der Waals surface area contributed by atoms with Crippen LogP contribution in [0, 0.1) is 0 Å². The summed E-state index contributed by atoms with van der Waals surface area (Å²) < 4.78 is 0. The number of anilines is 1. The van der Waals surface area contributed by atoms with Crippen molar-refractivity contribution in [3.8, 4) is 0 Å². The first kappa shape index (κ1) is 15.4. The van der Waals surface area contributed by atoms with Gasteiger partial charge in [0, 0.05) is 23.8 Å². The van der Waals surface area contributed by atoms with E-state index in [-0.39, 0.29) is 5.91 Å². The lowest BCUT2D eigenvalue weighted by atomic mass is 10.1. The molecule has 0 aliphatic heterocycles. The summed E-state index contributed by atoms with van der Waals surface area (Å²) in [6, 6.07) is 15.0. The van der Waals surface area contributed by atoms with Crippen molar-refractivity contribution >= 4 is 23.2 Å². The first-order valence-electron chi connectivity index (χ1n) is 6.96. The van der Waals surface area contributed by atoms with Crippen molar-refractivity contribution in [2.75, 3.05) is 12.3 Å². The summed E-state index contributed by atoms with van der Waals surface area (Å²) in [5, 5.41) is 0.683. The summed E-state index contributed by atoms with van der Waals surface area (Å²) in [4.78, 5) is 14.2. The predicted molar refractivity (Wildman–Crippen MR) is 87.1 cm³/mol. The van der Waals surface area contributed by atoms with Crippen LogP contribution in [0.4, 0.5) is 5.69 Å². The van der Waals surface area contributed by atoms with E-state index in [0.717, 1.165) is 11.1 Å². The van der Waals surface area contributed by atoms with E-state index in [1.54, 1.807) is 4.90 Å². The highest BCUT2D eigenvalue weighted by atomic mass is 35.5. The maximum atomic E-state index is 12.4. The highest BCUT2D eigenvalue weighted by Crippen LogP contribution is 2.18. The fraction of sp³-hybridized carbons (Fsp3) is 0.235. The van der Waals surface area contributed by atoms with Crippen molar-refractivity contribution in [3.05, 3.63) is 64.7 Å². The van der Waals surface area contributed by atoms with Gasteiger partial charge in [0.1, 0.15) is 0 Å². The van der Waals surface area contributed by atoms with Crippen LogP contribution in [-0.4, -0.2) is 17.4 Å². The van der Waals surface area contributed by atoms with Crippen molar-refractivity contribution in [2.24, 2.45) is 0 Å². The average Bonchev–Trinajstić information content (AvgIpc) is 2.48. The molecule has 0 aliphatic rings. The second-order valence-corrected chi connectivity index (χ2v) is 5.28. The number of carbonyl (C=O) groups excluding carboxylic acids is 1. The van der Waals surface area contributed by atoms with E-state index in [0.29, 0.717) is 30.2 Å². The second kappa shape index (κ2) is 7.14. The van der Waals surface area contributed by atoms with Gasteiger partial charge in [0.2, 0.25) is 5.91 Å². The SMILES string of the molecule is CCN(Cc1ccccc1Cl)C(=O)Cc1ccccc1N.